The zero-order valence-electron chi connectivity index (χ0n) is 11.2. The second kappa shape index (κ2) is 5.46. The van der Waals surface area contributed by atoms with Crippen LogP contribution in [-0.4, -0.2) is 13.2 Å². The maximum absolute atomic E-state index is 6.40. The molecule has 0 aliphatic carbocycles. The minimum atomic E-state index is -0.177. The van der Waals surface area contributed by atoms with Gasteiger partial charge >= 0.3 is 0 Å². The molecule has 1 atom stereocenters. The van der Waals surface area contributed by atoms with Gasteiger partial charge in [0.15, 0.2) is 11.5 Å². The lowest BCUT2D eigenvalue weighted by Crippen LogP contribution is -2.17. The number of hydrogen-bond acceptors (Lipinski definition) is 3. The highest BCUT2D eigenvalue weighted by Gasteiger charge is 2.17. The number of benzene rings is 2. The van der Waals surface area contributed by atoms with Crippen molar-refractivity contribution in [3.05, 3.63) is 57.6 Å². The van der Waals surface area contributed by atoms with Crippen LogP contribution in [0.15, 0.2) is 40.9 Å². The van der Waals surface area contributed by atoms with E-state index in [9.17, 15) is 0 Å². The van der Waals surface area contributed by atoms with Crippen molar-refractivity contribution >= 4 is 15.9 Å². The lowest BCUT2D eigenvalue weighted by atomic mass is 9.95. The van der Waals surface area contributed by atoms with E-state index in [-0.39, 0.29) is 6.04 Å². The summed E-state index contributed by atoms with van der Waals surface area (Å²) in [5.41, 5.74) is 9.69. The van der Waals surface area contributed by atoms with Crippen molar-refractivity contribution in [3.63, 3.8) is 0 Å². The first-order valence-corrected chi connectivity index (χ1v) is 7.36. The summed E-state index contributed by atoms with van der Waals surface area (Å²) in [5, 5.41) is 0. The van der Waals surface area contributed by atoms with Gasteiger partial charge in [-0.3, -0.25) is 0 Å². The third-order valence-electron chi connectivity index (χ3n) is 3.57. The Balaban J connectivity index is 1.98. The van der Waals surface area contributed by atoms with Gasteiger partial charge in [-0.1, -0.05) is 34.1 Å². The fraction of sp³-hybridized carbons (Fsp3) is 0.250. The molecule has 1 unspecified atom stereocenters. The third-order valence-corrected chi connectivity index (χ3v) is 4.43. The minimum absolute atomic E-state index is 0.177. The lowest BCUT2D eigenvalue weighted by molar-refractivity contribution is 0.171. The topological polar surface area (TPSA) is 44.5 Å². The van der Waals surface area contributed by atoms with Crippen LogP contribution < -0.4 is 15.2 Å². The summed E-state index contributed by atoms with van der Waals surface area (Å²) in [5.74, 6) is 1.56. The van der Waals surface area contributed by atoms with Gasteiger partial charge in [0.25, 0.3) is 0 Å². The second-order valence-corrected chi connectivity index (χ2v) is 5.69. The maximum Gasteiger partial charge on any atom is 0.161 e. The smallest absolute Gasteiger partial charge is 0.161 e. The van der Waals surface area contributed by atoms with E-state index in [2.05, 4.69) is 28.9 Å². The van der Waals surface area contributed by atoms with Crippen molar-refractivity contribution in [3.8, 4) is 11.5 Å². The molecule has 0 aromatic heterocycles. The highest BCUT2D eigenvalue weighted by molar-refractivity contribution is 9.10. The Kier molecular flexibility index (Phi) is 3.68. The number of halogens is 1. The average Bonchev–Trinajstić information content (AvgIpc) is 2.49. The van der Waals surface area contributed by atoms with Crippen LogP contribution in [0.3, 0.4) is 0 Å². The molecular formula is C16H16BrNO2. The minimum Gasteiger partial charge on any atom is -0.486 e. The molecular weight excluding hydrogens is 318 g/mol. The normalized spacial score (nSPS) is 14.9. The average molecular weight is 334 g/mol. The Hall–Kier alpha value is -1.52. The number of ether oxygens (including phenoxy) is 2. The summed E-state index contributed by atoms with van der Waals surface area (Å²) in [7, 11) is 0. The monoisotopic (exact) mass is 333 g/mol. The van der Waals surface area contributed by atoms with E-state index in [1.165, 1.54) is 0 Å². The van der Waals surface area contributed by atoms with Gasteiger partial charge in [0.2, 0.25) is 0 Å². The Morgan fingerprint density at radius 2 is 1.85 bits per heavy atom. The molecule has 20 heavy (non-hydrogen) atoms. The fourth-order valence-electron chi connectivity index (χ4n) is 2.39. The molecule has 2 aromatic rings. The van der Waals surface area contributed by atoms with Crippen LogP contribution in [0, 0.1) is 6.92 Å². The highest BCUT2D eigenvalue weighted by atomic mass is 79.9. The van der Waals surface area contributed by atoms with Crippen molar-refractivity contribution in [2.24, 2.45) is 5.73 Å². The summed E-state index contributed by atoms with van der Waals surface area (Å²) in [6.07, 6.45) is 0. The van der Waals surface area contributed by atoms with Crippen molar-refractivity contribution in [1.29, 1.82) is 0 Å². The molecule has 3 rings (SSSR count). The molecule has 0 spiro atoms. The summed E-state index contributed by atoms with van der Waals surface area (Å²) in [6, 6.07) is 11.8. The van der Waals surface area contributed by atoms with E-state index in [0.29, 0.717) is 13.2 Å². The number of rotatable bonds is 2. The first-order valence-electron chi connectivity index (χ1n) is 6.57. The molecule has 1 aliphatic heterocycles. The lowest BCUT2D eigenvalue weighted by Gasteiger charge is -2.21. The largest absolute Gasteiger partial charge is 0.486 e. The molecule has 3 nitrogen and oxygen atoms in total. The van der Waals surface area contributed by atoms with E-state index in [1.807, 2.05) is 30.3 Å². The fourth-order valence-corrected chi connectivity index (χ4v) is 2.78. The van der Waals surface area contributed by atoms with E-state index in [4.69, 9.17) is 15.2 Å². The summed E-state index contributed by atoms with van der Waals surface area (Å²) in [4.78, 5) is 0. The first kappa shape index (κ1) is 13.5. The number of hydrogen-bond donors (Lipinski definition) is 1. The van der Waals surface area contributed by atoms with Crippen LogP contribution in [0.1, 0.15) is 22.7 Å². The molecule has 104 valence electrons. The van der Waals surface area contributed by atoms with Gasteiger partial charge < -0.3 is 15.2 Å². The van der Waals surface area contributed by atoms with Crippen molar-refractivity contribution in [2.45, 2.75) is 13.0 Å². The molecule has 0 amide bonds. The molecule has 0 radical (unpaired) electrons. The van der Waals surface area contributed by atoms with Crippen molar-refractivity contribution in [1.82, 2.24) is 0 Å². The van der Waals surface area contributed by atoms with E-state index in [0.717, 1.165) is 32.7 Å². The van der Waals surface area contributed by atoms with Gasteiger partial charge in [0.05, 0.1) is 6.04 Å². The molecule has 0 bridgehead atoms. The number of nitrogens with two attached hydrogens (primary N) is 1. The summed E-state index contributed by atoms with van der Waals surface area (Å²) in [6.45, 7) is 3.25. The second-order valence-electron chi connectivity index (χ2n) is 4.83. The van der Waals surface area contributed by atoms with Crippen LogP contribution in [0.2, 0.25) is 0 Å². The molecule has 0 saturated carbocycles. The van der Waals surface area contributed by atoms with Gasteiger partial charge in [-0.15, -0.1) is 0 Å². The van der Waals surface area contributed by atoms with Crippen LogP contribution in [0.25, 0.3) is 0 Å². The van der Waals surface area contributed by atoms with Crippen molar-refractivity contribution < 1.29 is 9.47 Å². The van der Waals surface area contributed by atoms with Crippen LogP contribution >= 0.6 is 15.9 Å². The number of fused-ring (bicyclic) bond motifs is 1. The van der Waals surface area contributed by atoms with Crippen LogP contribution in [-0.2, 0) is 0 Å². The molecule has 1 heterocycles. The molecule has 0 fully saturated rings. The third kappa shape index (κ3) is 2.41. The quantitative estimate of drug-likeness (QED) is 0.913. The van der Waals surface area contributed by atoms with Gasteiger partial charge in [-0.25, -0.2) is 0 Å². The summed E-state index contributed by atoms with van der Waals surface area (Å²) < 4.78 is 12.2. The van der Waals surface area contributed by atoms with Gasteiger partial charge in [0.1, 0.15) is 13.2 Å². The standard InChI is InChI=1S/C16H16BrNO2/c1-10-12(3-2-4-13(10)17)16(18)11-5-6-14-15(9-11)20-8-7-19-14/h2-6,9,16H,7-8,18H2,1H3. The van der Waals surface area contributed by atoms with Crippen LogP contribution in [0.5, 0.6) is 11.5 Å². The molecule has 2 N–H and O–H groups in total. The molecule has 0 saturated heterocycles. The Morgan fingerprint density at radius 3 is 2.65 bits per heavy atom. The van der Waals surface area contributed by atoms with Crippen molar-refractivity contribution in [2.75, 3.05) is 13.2 Å². The zero-order valence-corrected chi connectivity index (χ0v) is 12.8. The predicted molar refractivity (Wildman–Crippen MR) is 82.3 cm³/mol. The SMILES string of the molecule is Cc1c(Br)cccc1C(N)c1ccc2c(c1)OCCO2. The Bertz CT molecular complexity index is 642. The highest BCUT2D eigenvalue weighted by Crippen LogP contribution is 2.34. The Labute approximate surface area is 126 Å². The summed E-state index contributed by atoms with van der Waals surface area (Å²) >= 11 is 3.55. The van der Waals surface area contributed by atoms with Gasteiger partial charge in [-0.2, -0.15) is 0 Å². The maximum atomic E-state index is 6.40. The van der Waals surface area contributed by atoms with E-state index >= 15 is 0 Å². The molecule has 4 heteroatoms. The Morgan fingerprint density at radius 1 is 1.10 bits per heavy atom. The van der Waals surface area contributed by atoms with Crippen LogP contribution in [0.4, 0.5) is 0 Å². The first-order chi connectivity index (χ1) is 9.66. The predicted octanol–water partition coefficient (Wildman–Crippen LogP) is 3.58. The van der Waals surface area contributed by atoms with E-state index in [1.54, 1.807) is 0 Å². The molecule has 1 aliphatic rings. The zero-order chi connectivity index (χ0) is 14.1. The van der Waals surface area contributed by atoms with E-state index < -0.39 is 0 Å². The van der Waals surface area contributed by atoms with Gasteiger partial charge in [-0.05, 0) is 41.8 Å². The van der Waals surface area contributed by atoms with Gasteiger partial charge in [0, 0.05) is 4.47 Å². The molecule has 2 aromatic carbocycles.